The number of fused-ring (bicyclic) bond motifs is 1. The number of methoxy groups -OCH3 is 1. The molecule has 2 heterocycles. The van der Waals surface area contributed by atoms with E-state index in [-0.39, 0.29) is 17.3 Å². The number of carbonyl (C=O) groups is 1. The number of benzene rings is 2. The third kappa shape index (κ3) is 4.61. The second kappa shape index (κ2) is 8.79. The van der Waals surface area contributed by atoms with Crippen LogP contribution in [0.15, 0.2) is 65.8 Å². The molecule has 0 unspecified atom stereocenters. The van der Waals surface area contributed by atoms with Gasteiger partial charge in [-0.25, -0.2) is 0 Å². The van der Waals surface area contributed by atoms with E-state index in [1.807, 2.05) is 30.3 Å². The van der Waals surface area contributed by atoms with Crippen LogP contribution in [0.3, 0.4) is 0 Å². The fourth-order valence-electron chi connectivity index (χ4n) is 2.77. The Kier molecular flexibility index (Phi) is 5.76. The summed E-state index contributed by atoms with van der Waals surface area (Å²) in [6.07, 6.45) is 0. The fourth-order valence-corrected chi connectivity index (χ4v) is 3.46. The highest BCUT2D eigenvalue weighted by Gasteiger charge is 2.12. The molecule has 4 aromatic rings. The number of hydrogen-bond donors (Lipinski definition) is 1. The Balaban J connectivity index is 1.45. The number of anilines is 1. The predicted octanol–water partition coefficient (Wildman–Crippen LogP) is 3.44. The summed E-state index contributed by atoms with van der Waals surface area (Å²) >= 11 is 1.19. The van der Waals surface area contributed by atoms with Crippen molar-refractivity contribution < 1.29 is 14.5 Å². The number of aromatic nitrogens is 4. The highest BCUT2D eigenvalue weighted by atomic mass is 32.2. The van der Waals surface area contributed by atoms with Crippen LogP contribution in [0.5, 0.6) is 5.75 Å². The van der Waals surface area contributed by atoms with Gasteiger partial charge in [-0.15, -0.1) is 10.2 Å². The molecule has 1 N–H and O–H groups in total. The molecular formula is C20H16N6O4S. The molecule has 31 heavy (non-hydrogen) atoms. The molecule has 4 rings (SSSR count). The molecule has 0 aliphatic carbocycles. The first-order chi connectivity index (χ1) is 15.0. The van der Waals surface area contributed by atoms with Crippen molar-refractivity contribution in [3.8, 4) is 17.0 Å². The number of non-ortho nitro benzene ring substituents is 1. The molecule has 10 nitrogen and oxygen atoms in total. The van der Waals surface area contributed by atoms with Gasteiger partial charge < -0.3 is 10.1 Å². The molecule has 0 saturated carbocycles. The van der Waals surface area contributed by atoms with Crippen molar-refractivity contribution in [3.63, 3.8) is 0 Å². The smallest absolute Gasteiger partial charge is 0.269 e. The van der Waals surface area contributed by atoms with Gasteiger partial charge in [-0.2, -0.15) is 9.61 Å². The van der Waals surface area contributed by atoms with Gasteiger partial charge in [0.2, 0.25) is 11.1 Å². The van der Waals surface area contributed by atoms with Crippen LogP contribution in [-0.2, 0) is 4.79 Å². The zero-order valence-corrected chi connectivity index (χ0v) is 17.1. The SMILES string of the molecule is COc1ccc(-c2ccc3nnc(SCC(=O)Nc4ccc([N+](=O)[O-])cc4)n3n2)cc1. The summed E-state index contributed by atoms with van der Waals surface area (Å²) in [4.78, 5) is 22.5. The molecule has 1 amide bonds. The summed E-state index contributed by atoms with van der Waals surface area (Å²) in [5, 5.41) is 26.7. The van der Waals surface area contributed by atoms with Crippen LogP contribution in [0.1, 0.15) is 0 Å². The first kappa shape index (κ1) is 20.3. The second-order valence-electron chi connectivity index (χ2n) is 6.34. The van der Waals surface area contributed by atoms with Crippen molar-refractivity contribution in [1.29, 1.82) is 0 Å². The number of hydrogen-bond acceptors (Lipinski definition) is 8. The first-order valence-electron chi connectivity index (χ1n) is 9.07. The van der Waals surface area contributed by atoms with E-state index in [0.29, 0.717) is 16.5 Å². The molecule has 11 heteroatoms. The monoisotopic (exact) mass is 436 g/mol. The summed E-state index contributed by atoms with van der Waals surface area (Å²) in [6.45, 7) is 0. The molecule has 0 aliphatic heterocycles. The van der Waals surface area contributed by atoms with Gasteiger partial charge in [0.05, 0.1) is 23.5 Å². The highest BCUT2D eigenvalue weighted by molar-refractivity contribution is 7.99. The molecule has 2 aromatic carbocycles. The Labute approximate surface area is 180 Å². The minimum atomic E-state index is -0.495. The minimum absolute atomic E-state index is 0.0407. The zero-order chi connectivity index (χ0) is 21.8. The van der Waals surface area contributed by atoms with Gasteiger partial charge in [-0.05, 0) is 48.5 Å². The normalized spacial score (nSPS) is 10.7. The third-order valence-electron chi connectivity index (χ3n) is 4.31. The lowest BCUT2D eigenvalue weighted by atomic mass is 10.1. The maximum absolute atomic E-state index is 12.3. The van der Waals surface area contributed by atoms with E-state index in [9.17, 15) is 14.9 Å². The summed E-state index contributed by atoms with van der Waals surface area (Å²) in [5.41, 5.74) is 2.63. The number of ether oxygens (including phenoxy) is 1. The number of amides is 1. The van der Waals surface area contributed by atoms with Crippen molar-refractivity contribution >= 4 is 34.7 Å². The van der Waals surface area contributed by atoms with Gasteiger partial charge in [0.25, 0.3) is 5.69 Å². The Bertz CT molecular complexity index is 1240. The zero-order valence-electron chi connectivity index (χ0n) is 16.3. The van der Waals surface area contributed by atoms with Crippen LogP contribution in [0.2, 0.25) is 0 Å². The predicted molar refractivity (Wildman–Crippen MR) is 115 cm³/mol. The van der Waals surface area contributed by atoms with E-state index < -0.39 is 4.92 Å². The lowest BCUT2D eigenvalue weighted by Crippen LogP contribution is -2.14. The summed E-state index contributed by atoms with van der Waals surface area (Å²) < 4.78 is 6.77. The van der Waals surface area contributed by atoms with Crippen LogP contribution in [-0.4, -0.2) is 43.5 Å². The van der Waals surface area contributed by atoms with Gasteiger partial charge in [-0.1, -0.05) is 11.8 Å². The number of nitro groups is 1. The quantitative estimate of drug-likeness (QED) is 0.265. The van der Waals surface area contributed by atoms with Gasteiger partial charge in [0.1, 0.15) is 5.75 Å². The molecule has 0 aliphatic rings. The second-order valence-corrected chi connectivity index (χ2v) is 7.28. The van der Waals surface area contributed by atoms with Gasteiger partial charge in [0.15, 0.2) is 5.65 Å². The number of carbonyl (C=O) groups excluding carboxylic acids is 1. The van der Waals surface area contributed by atoms with Crippen LogP contribution < -0.4 is 10.1 Å². The molecule has 2 aromatic heterocycles. The summed E-state index contributed by atoms with van der Waals surface area (Å²) in [7, 11) is 1.61. The highest BCUT2D eigenvalue weighted by Crippen LogP contribution is 2.23. The average molecular weight is 436 g/mol. The van der Waals surface area contributed by atoms with Gasteiger partial charge >= 0.3 is 0 Å². The molecule has 0 fully saturated rings. The number of nitrogens with zero attached hydrogens (tertiary/aromatic N) is 5. The Morgan fingerprint density at radius 2 is 1.84 bits per heavy atom. The fraction of sp³-hybridized carbons (Fsp3) is 0.100. The Hall–Kier alpha value is -3.99. The van der Waals surface area contributed by atoms with Crippen LogP contribution in [0.4, 0.5) is 11.4 Å². The Morgan fingerprint density at radius 1 is 1.10 bits per heavy atom. The lowest BCUT2D eigenvalue weighted by Gasteiger charge is -2.05. The van der Waals surface area contributed by atoms with Crippen LogP contribution in [0.25, 0.3) is 16.9 Å². The first-order valence-corrected chi connectivity index (χ1v) is 10.1. The average Bonchev–Trinajstić information content (AvgIpc) is 3.20. The topological polar surface area (TPSA) is 125 Å². The van der Waals surface area contributed by atoms with Gasteiger partial charge in [-0.3, -0.25) is 14.9 Å². The van der Waals surface area contributed by atoms with E-state index in [1.54, 1.807) is 17.7 Å². The molecule has 0 spiro atoms. The van der Waals surface area contributed by atoms with E-state index in [0.717, 1.165) is 17.0 Å². The number of rotatable bonds is 7. The molecule has 0 radical (unpaired) electrons. The maximum atomic E-state index is 12.3. The number of nitrogens with one attached hydrogen (secondary N) is 1. The third-order valence-corrected chi connectivity index (χ3v) is 5.23. The lowest BCUT2D eigenvalue weighted by molar-refractivity contribution is -0.384. The number of nitro benzene ring substituents is 1. The standard InChI is InChI=1S/C20H16N6O4S/c1-30-16-8-2-13(3-9-16)17-10-11-18-22-23-20(25(18)24-17)31-12-19(27)21-14-4-6-15(7-5-14)26(28)29/h2-11H,12H2,1H3,(H,21,27). The van der Waals surface area contributed by atoms with E-state index in [1.165, 1.54) is 36.0 Å². The number of thioether (sulfide) groups is 1. The maximum Gasteiger partial charge on any atom is 0.269 e. The largest absolute Gasteiger partial charge is 0.497 e. The van der Waals surface area contributed by atoms with Crippen molar-refractivity contribution in [3.05, 3.63) is 70.8 Å². The Morgan fingerprint density at radius 3 is 2.52 bits per heavy atom. The molecular weight excluding hydrogens is 420 g/mol. The molecule has 156 valence electrons. The summed E-state index contributed by atoms with van der Waals surface area (Å²) in [6, 6.07) is 16.8. The molecule has 0 saturated heterocycles. The molecule has 0 bridgehead atoms. The minimum Gasteiger partial charge on any atom is -0.497 e. The van der Waals surface area contributed by atoms with Crippen molar-refractivity contribution in [2.75, 3.05) is 18.2 Å². The van der Waals surface area contributed by atoms with Crippen molar-refractivity contribution in [2.24, 2.45) is 0 Å². The van der Waals surface area contributed by atoms with Crippen molar-refractivity contribution in [1.82, 2.24) is 19.8 Å². The van der Waals surface area contributed by atoms with Gasteiger partial charge in [0, 0.05) is 23.4 Å². The van der Waals surface area contributed by atoms with E-state index in [2.05, 4.69) is 20.6 Å². The van der Waals surface area contributed by atoms with E-state index in [4.69, 9.17) is 4.74 Å². The van der Waals surface area contributed by atoms with Crippen LogP contribution >= 0.6 is 11.8 Å². The molecule has 0 atom stereocenters. The summed E-state index contributed by atoms with van der Waals surface area (Å²) in [5.74, 6) is 0.554. The van der Waals surface area contributed by atoms with E-state index >= 15 is 0 Å². The van der Waals surface area contributed by atoms with Crippen molar-refractivity contribution in [2.45, 2.75) is 5.16 Å². The van der Waals surface area contributed by atoms with Crippen LogP contribution in [0, 0.1) is 10.1 Å².